The molecule has 0 saturated carbocycles. The van der Waals surface area contributed by atoms with E-state index < -0.39 is 28.7 Å². The van der Waals surface area contributed by atoms with E-state index in [0.29, 0.717) is 35.6 Å². The minimum absolute atomic E-state index is 0.0349. The van der Waals surface area contributed by atoms with Crippen molar-refractivity contribution in [1.82, 2.24) is 9.88 Å². The number of hydrogen-bond donors (Lipinski definition) is 1. The van der Waals surface area contributed by atoms with Gasteiger partial charge in [0.2, 0.25) is 5.91 Å². The molecule has 41 heavy (non-hydrogen) atoms. The van der Waals surface area contributed by atoms with Gasteiger partial charge in [-0.25, -0.2) is 14.6 Å². The van der Waals surface area contributed by atoms with Gasteiger partial charge in [-0.2, -0.15) is 0 Å². The second kappa shape index (κ2) is 9.90. The Morgan fingerprint density at radius 1 is 1.24 bits per heavy atom. The highest BCUT2D eigenvalue weighted by atomic mass is 16.6. The van der Waals surface area contributed by atoms with Crippen LogP contribution in [0.2, 0.25) is 0 Å². The van der Waals surface area contributed by atoms with Crippen LogP contribution in [0.15, 0.2) is 69.5 Å². The lowest BCUT2D eigenvalue weighted by Crippen LogP contribution is -2.62. The molecule has 1 spiro atoms. The monoisotopic (exact) mass is 555 g/mol. The van der Waals surface area contributed by atoms with Gasteiger partial charge >= 0.3 is 11.6 Å². The van der Waals surface area contributed by atoms with E-state index in [-0.39, 0.29) is 12.3 Å². The van der Waals surface area contributed by atoms with Crippen LogP contribution in [0, 0.1) is 0 Å². The number of allylic oxidation sites excluding steroid dienone is 1. The molecule has 2 aliphatic heterocycles. The van der Waals surface area contributed by atoms with E-state index in [1.165, 1.54) is 6.07 Å². The van der Waals surface area contributed by atoms with Crippen LogP contribution in [0.1, 0.15) is 56.2 Å². The van der Waals surface area contributed by atoms with Crippen molar-refractivity contribution < 1.29 is 23.5 Å². The molecule has 1 fully saturated rings. The Balaban J connectivity index is 1.50. The fourth-order valence-electron chi connectivity index (χ4n) is 6.13. The third-order valence-corrected chi connectivity index (χ3v) is 8.78. The molecule has 3 aromatic rings. The van der Waals surface area contributed by atoms with Crippen molar-refractivity contribution in [2.24, 2.45) is 0 Å². The largest absolute Gasteiger partial charge is 0.481 e. The lowest BCUT2D eigenvalue weighted by Gasteiger charge is -2.50. The van der Waals surface area contributed by atoms with Crippen LogP contribution in [0.4, 0.5) is 5.82 Å². The molecular formula is C32H33N3O6. The Hall–Kier alpha value is -4.40. The summed E-state index contributed by atoms with van der Waals surface area (Å²) in [7, 11) is 0. The van der Waals surface area contributed by atoms with Gasteiger partial charge in [-0.05, 0) is 62.1 Å². The zero-order valence-electron chi connectivity index (χ0n) is 23.4. The number of nitrogens with two attached hydrogens (primary N) is 1. The lowest BCUT2D eigenvalue weighted by atomic mass is 9.64. The molecule has 2 aromatic heterocycles. The molecule has 3 atom stereocenters. The number of nitrogen functional groups attached to an aromatic ring is 1. The van der Waals surface area contributed by atoms with Gasteiger partial charge in [-0.1, -0.05) is 18.2 Å². The first-order valence-corrected chi connectivity index (χ1v) is 13.9. The van der Waals surface area contributed by atoms with Crippen LogP contribution < -0.4 is 16.1 Å². The number of amides is 1. The van der Waals surface area contributed by atoms with Gasteiger partial charge in [0.1, 0.15) is 17.2 Å². The molecule has 0 radical (unpaired) electrons. The summed E-state index contributed by atoms with van der Waals surface area (Å²) in [5, 5.41) is 0.768. The number of carbonyl (C=O) groups excluding carboxylic acids is 2. The number of anilines is 1. The van der Waals surface area contributed by atoms with Crippen molar-refractivity contribution in [1.29, 1.82) is 0 Å². The Bertz CT molecular complexity index is 1690. The predicted octanol–water partition coefficient (Wildman–Crippen LogP) is 4.23. The number of benzene rings is 1. The fourth-order valence-corrected chi connectivity index (χ4v) is 6.13. The van der Waals surface area contributed by atoms with E-state index in [0.717, 1.165) is 41.6 Å². The highest BCUT2D eigenvalue weighted by Crippen LogP contribution is 2.55. The molecule has 9 nitrogen and oxygen atoms in total. The van der Waals surface area contributed by atoms with Gasteiger partial charge in [0, 0.05) is 61.1 Å². The highest BCUT2D eigenvalue weighted by Gasteiger charge is 2.62. The molecule has 2 N–H and O–H groups in total. The van der Waals surface area contributed by atoms with Crippen LogP contribution in [-0.2, 0) is 27.2 Å². The first-order valence-electron chi connectivity index (χ1n) is 13.9. The number of esters is 1. The van der Waals surface area contributed by atoms with Crippen molar-refractivity contribution in [3.63, 3.8) is 0 Å². The van der Waals surface area contributed by atoms with Gasteiger partial charge in [0.05, 0.1) is 6.42 Å². The average Bonchev–Trinajstić information content (AvgIpc) is 3.28. The lowest BCUT2D eigenvalue weighted by molar-refractivity contribution is -0.182. The smallest absolute Gasteiger partial charge is 0.336 e. The number of aromatic nitrogens is 1. The Morgan fingerprint density at radius 3 is 2.78 bits per heavy atom. The standard InChI is InChI=1S/C32H33N3O6/c1-4-19(2)30(38)41-31(3)10-5-7-24(23-15-27(33)34-18-22(23)14-28(36)35-11-6-12-35)32(31)17-21-13-20-8-9-29(37)39-25(20)16-26(21)40-32/h4-5,7-9,13,15-16,18,24H,6,10-12,14,17H2,1-3H3,(H2,33,34)/b19-4+/t24-,31-,32-/m1/s1. The van der Waals surface area contributed by atoms with Crippen molar-refractivity contribution >= 4 is 28.7 Å². The Labute approximate surface area is 237 Å². The molecule has 1 aromatic carbocycles. The molecule has 4 heterocycles. The second-order valence-corrected chi connectivity index (χ2v) is 11.3. The van der Waals surface area contributed by atoms with Crippen molar-refractivity contribution in [3.8, 4) is 5.75 Å². The molecule has 3 aliphatic rings. The Morgan fingerprint density at radius 2 is 2.05 bits per heavy atom. The van der Waals surface area contributed by atoms with Crippen LogP contribution in [0.5, 0.6) is 5.75 Å². The first-order chi connectivity index (χ1) is 19.6. The molecule has 1 saturated heterocycles. The molecular weight excluding hydrogens is 522 g/mol. The maximum absolute atomic E-state index is 13.2. The number of nitrogens with zero attached hydrogens (tertiary/aromatic N) is 2. The van der Waals surface area contributed by atoms with Gasteiger partial charge in [-0.3, -0.25) is 4.79 Å². The van der Waals surface area contributed by atoms with E-state index >= 15 is 0 Å². The van der Waals surface area contributed by atoms with Gasteiger partial charge in [0.15, 0.2) is 11.2 Å². The summed E-state index contributed by atoms with van der Waals surface area (Å²) in [5.41, 5.74) is 6.93. The SMILES string of the molecule is C/C=C(\C)C(=O)O[C@]1(C)CC=C[C@H](c2cc(N)ncc2CC(=O)N2CCC2)[C@]12Cc1cc3ccc(=O)oc3cc1O2. The van der Waals surface area contributed by atoms with E-state index in [9.17, 15) is 14.4 Å². The summed E-state index contributed by atoms with van der Waals surface area (Å²) in [6.45, 7) is 6.91. The molecule has 1 aliphatic carbocycles. The number of ether oxygens (including phenoxy) is 2. The number of likely N-dealkylation sites (tertiary alicyclic amines) is 1. The van der Waals surface area contributed by atoms with Crippen molar-refractivity contribution in [2.45, 2.75) is 63.6 Å². The van der Waals surface area contributed by atoms with Gasteiger partial charge < -0.3 is 24.5 Å². The van der Waals surface area contributed by atoms with Crippen LogP contribution in [0.25, 0.3) is 11.0 Å². The number of pyridine rings is 1. The zero-order valence-corrected chi connectivity index (χ0v) is 23.4. The summed E-state index contributed by atoms with van der Waals surface area (Å²) in [5.74, 6) is 0.0411. The fraction of sp³-hybridized carbons (Fsp3) is 0.375. The third kappa shape index (κ3) is 4.49. The summed E-state index contributed by atoms with van der Waals surface area (Å²) in [4.78, 5) is 44.4. The van der Waals surface area contributed by atoms with E-state index in [1.807, 2.05) is 24.0 Å². The third-order valence-electron chi connectivity index (χ3n) is 8.78. The van der Waals surface area contributed by atoms with Gasteiger partial charge in [-0.15, -0.1) is 0 Å². The predicted molar refractivity (Wildman–Crippen MR) is 154 cm³/mol. The van der Waals surface area contributed by atoms with Crippen molar-refractivity contribution in [3.05, 3.63) is 87.4 Å². The summed E-state index contributed by atoms with van der Waals surface area (Å²) in [6, 6.07) is 8.58. The van der Waals surface area contributed by atoms with Crippen LogP contribution in [-0.4, -0.2) is 46.1 Å². The van der Waals surface area contributed by atoms with Crippen molar-refractivity contribution in [2.75, 3.05) is 18.8 Å². The quantitative estimate of drug-likeness (QED) is 0.215. The number of hydrogen-bond acceptors (Lipinski definition) is 8. The molecule has 9 heteroatoms. The molecule has 0 bridgehead atoms. The van der Waals surface area contributed by atoms with E-state index in [1.54, 1.807) is 44.3 Å². The number of rotatable bonds is 5. The Kier molecular flexibility index (Phi) is 6.47. The number of carbonyl (C=O) groups is 2. The normalized spacial score (nSPS) is 25.1. The maximum atomic E-state index is 13.2. The van der Waals surface area contributed by atoms with E-state index in [4.69, 9.17) is 19.6 Å². The minimum Gasteiger partial charge on any atom is -0.481 e. The molecule has 212 valence electrons. The van der Waals surface area contributed by atoms with E-state index in [2.05, 4.69) is 11.1 Å². The number of fused-ring (bicyclic) bond motifs is 2. The molecule has 1 amide bonds. The molecule has 0 unspecified atom stereocenters. The average molecular weight is 556 g/mol. The topological polar surface area (TPSA) is 125 Å². The maximum Gasteiger partial charge on any atom is 0.336 e. The zero-order chi connectivity index (χ0) is 28.9. The second-order valence-electron chi connectivity index (χ2n) is 11.3. The summed E-state index contributed by atoms with van der Waals surface area (Å²) in [6.07, 6.45) is 9.43. The van der Waals surface area contributed by atoms with Crippen LogP contribution >= 0.6 is 0 Å². The minimum atomic E-state index is -1.10. The highest BCUT2D eigenvalue weighted by molar-refractivity contribution is 5.88. The molecule has 6 rings (SSSR count). The summed E-state index contributed by atoms with van der Waals surface area (Å²) < 4.78 is 18.6. The van der Waals surface area contributed by atoms with Gasteiger partial charge in [0.25, 0.3) is 0 Å². The first kappa shape index (κ1) is 26.8. The summed E-state index contributed by atoms with van der Waals surface area (Å²) >= 11 is 0. The van der Waals surface area contributed by atoms with Crippen LogP contribution in [0.3, 0.4) is 0 Å².